The van der Waals surface area contributed by atoms with Crippen LogP contribution >= 0.6 is 0 Å². The lowest BCUT2D eigenvalue weighted by Crippen LogP contribution is -2.42. The molecular formula is C14H21N3O. The van der Waals surface area contributed by atoms with E-state index in [1.165, 1.54) is 12.8 Å². The summed E-state index contributed by atoms with van der Waals surface area (Å²) in [6, 6.07) is 9.98. The van der Waals surface area contributed by atoms with E-state index < -0.39 is 0 Å². The van der Waals surface area contributed by atoms with Crippen molar-refractivity contribution in [1.82, 2.24) is 10.6 Å². The fourth-order valence-electron chi connectivity index (χ4n) is 2.17. The third kappa shape index (κ3) is 4.04. The number of amides is 2. The molecule has 4 heteroatoms. The van der Waals surface area contributed by atoms with Gasteiger partial charge in [-0.1, -0.05) is 18.2 Å². The van der Waals surface area contributed by atoms with Gasteiger partial charge in [0.1, 0.15) is 0 Å². The molecule has 1 aliphatic rings. The Balaban J connectivity index is 1.69. The fourth-order valence-corrected chi connectivity index (χ4v) is 2.17. The third-order valence-corrected chi connectivity index (χ3v) is 3.35. The van der Waals surface area contributed by atoms with Crippen molar-refractivity contribution < 1.29 is 4.79 Å². The number of anilines is 1. The first-order valence-electron chi connectivity index (χ1n) is 6.57. The van der Waals surface area contributed by atoms with Gasteiger partial charge in [0, 0.05) is 18.3 Å². The highest BCUT2D eigenvalue weighted by molar-refractivity contribution is 5.89. The van der Waals surface area contributed by atoms with Crippen LogP contribution < -0.4 is 16.0 Å². The first-order chi connectivity index (χ1) is 8.74. The zero-order valence-electron chi connectivity index (χ0n) is 10.8. The molecule has 0 aromatic heterocycles. The average Bonchev–Trinajstić information content (AvgIpc) is 2.39. The summed E-state index contributed by atoms with van der Waals surface area (Å²) in [6.45, 7) is 3.93. The van der Waals surface area contributed by atoms with E-state index in [1.54, 1.807) is 0 Å². The number of carbonyl (C=O) groups excluding carboxylic acids is 1. The van der Waals surface area contributed by atoms with Crippen LogP contribution in [0.3, 0.4) is 0 Å². The molecule has 1 aromatic carbocycles. The first kappa shape index (κ1) is 12.9. The normalized spacial score (nSPS) is 23.4. The zero-order chi connectivity index (χ0) is 12.8. The summed E-state index contributed by atoms with van der Waals surface area (Å²) < 4.78 is 0. The summed E-state index contributed by atoms with van der Waals surface area (Å²) in [6.07, 6.45) is 2.37. The molecule has 1 saturated heterocycles. The molecule has 18 heavy (non-hydrogen) atoms. The second kappa shape index (κ2) is 6.40. The van der Waals surface area contributed by atoms with E-state index in [-0.39, 0.29) is 6.03 Å². The molecule has 2 amide bonds. The van der Waals surface area contributed by atoms with Gasteiger partial charge in [0.15, 0.2) is 0 Å². The van der Waals surface area contributed by atoms with E-state index in [1.807, 2.05) is 30.3 Å². The number of hydrogen-bond donors (Lipinski definition) is 3. The van der Waals surface area contributed by atoms with Crippen LogP contribution in [0.25, 0.3) is 0 Å². The average molecular weight is 247 g/mol. The van der Waals surface area contributed by atoms with Gasteiger partial charge in [-0.05, 0) is 44.4 Å². The molecule has 4 nitrogen and oxygen atoms in total. The van der Waals surface area contributed by atoms with Crippen molar-refractivity contribution in [2.45, 2.75) is 25.8 Å². The molecule has 1 aromatic rings. The van der Waals surface area contributed by atoms with Crippen molar-refractivity contribution in [3.63, 3.8) is 0 Å². The molecular weight excluding hydrogens is 226 g/mol. The summed E-state index contributed by atoms with van der Waals surface area (Å²) in [4.78, 5) is 11.7. The fraction of sp³-hybridized carbons (Fsp3) is 0.500. The van der Waals surface area contributed by atoms with E-state index in [2.05, 4.69) is 22.9 Å². The molecule has 2 atom stereocenters. The molecule has 0 bridgehead atoms. The van der Waals surface area contributed by atoms with Gasteiger partial charge in [0.05, 0.1) is 0 Å². The Morgan fingerprint density at radius 2 is 2.11 bits per heavy atom. The molecule has 98 valence electrons. The lowest BCUT2D eigenvalue weighted by Gasteiger charge is -2.27. The van der Waals surface area contributed by atoms with Crippen molar-refractivity contribution in [3.05, 3.63) is 30.3 Å². The minimum atomic E-state index is -0.125. The van der Waals surface area contributed by atoms with Crippen LogP contribution in [0.5, 0.6) is 0 Å². The molecule has 0 radical (unpaired) electrons. The van der Waals surface area contributed by atoms with Crippen LogP contribution in [0, 0.1) is 5.92 Å². The Morgan fingerprint density at radius 1 is 1.33 bits per heavy atom. The van der Waals surface area contributed by atoms with Crippen molar-refractivity contribution in [3.8, 4) is 0 Å². The maximum absolute atomic E-state index is 11.7. The van der Waals surface area contributed by atoms with E-state index in [9.17, 15) is 4.79 Å². The number of nitrogens with one attached hydrogen (secondary N) is 3. The SMILES string of the molecule is CC1CCC(CNC(=O)Nc2ccccc2)CN1. The van der Waals surface area contributed by atoms with Gasteiger partial charge < -0.3 is 16.0 Å². The Labute approximate surface area is 108 Å². The maximum atomic E-state index is 11.7. The van der Waals surface area contributed by atoms with Gasteiger partial charge in [0.25, 0.3) is 0 Å². The van der Waals surface area contributed by atoms with Crippen molar-refractivity contribution in [1.29, 1.82) is 0 Å². The molecule has 1 heterocycles. The topological polar surface area (TPSA) is 53.2 Å². The van der Waals surface area contributed by atoms with Crippen LogP contribution in [0.4, 0.5) is 10.5 Å². The van der Waals surface area contributed by atoms with Gasteiger partial charge >= 0.3 is 6.03 Å². The standard InChI is InChI=1S/C14H21N3O/c1-11-7-8-12(9-15-11)10-16-14(18)17-13-5-3-2-4-6-13/h2-6,11-12,15H,7-10H2,1H3,(H2,16,17,18). The van der Waals surface area contributed by atoms with E-state index in [0.717, 1.165) is 18.8 Å². The monoisotopic (exact) mass is 247 g/mol. The zero-order valence-corrected chi connectivity index (χ0v) is 10.8. The largest absolute Gasteiger partial charge is 0.338 e. The summed E-state index contributed by atoms with van der Waals surface area (Å²) >= 11 is 0. The number of piperidine rings is 1. The predicted molar refractivity (Wildman–Crippen MR) is 73.7 cm³/mol. The van der Waals surface area contributed by atoms with Crippen LogP contribution in [0.1, 0.15) is 19.8 Å². The smallest absolute Gasteiger partial charge is 0.319 e. The van der Waals surface area contributed by atoms with Gasteiger partial charge in [-0.25, -0.2) is 4.79 Å². The van der Waals surface area contributed by atoms with E-state index in [0.29, 0.717) is 12.0 Å². The Hall–Kier alpha value is -1.55. The third-order valence-electron chi connectivity index (χ3n) is 3.35. The molecule has 0 saturated carbocycles. The van der Waals surface area contributed by atoms with Crippen LogP contribution in [-0.4, -0.2) is 25.2 Å². The minimum absolute atomic E-state index is 0.125. The van der Waals surface area contributed by atoms with Crippen LogP contribution in [0.15, 0.2) is 30.3 Å². The Bertz CT molecular complexity index is 372. The second-order valence-electron chi connectivity index (χ2n) is 4.95. The predicted octanol–water partition coefficient (Wildman–Crippen LogP) is 2.20. The van der Waals surface area contributed by atoms with E-state index in [4.69, 9.17) is 0 Å². The van der Waals surface area contributed by atoms with Crippen molar-refractivity contribution in [2.75, 3.05) is 18.4 Å². The molecule has 2 rings (SSSR count). The van der Waals surface area contributed by atoms with Crippen molar-refractivity contribution in [2.24, 2.45) is 5.92 Å². The van der Waals surface area contributed by atoms with Gasteiger partial charge in [-0.15, -0.1) is 0 Å². The number of carbonyl (C=O) groups is 1. The Kier molecular flexibility index (Phi) is 4.59. The highest BCUT2D eigenvalue weighted by Crippen LogP contribution is 2.13. The number of benzene rings is 1. The lowest BCUT2D eigenvalue weighted by atomic mass is 9.95. The molecule has 2 unspecified atom stereocenters. The summed E-state index contributed by atoms with van der Waals surface area (Å²) in [5, 5.41) is 9.18. The number of para-hydroxylation sites is 1. The quantitative estimate of drug-likeness (QED) is 0.767. The van der Waals surface area contributed by atoms with E-state index >= 15 is 0 Å². The number of hydrogen-bond acceptors (Lipinski definition) is 2. The van der Waals surface area contributed by atoms with Crippen LogP contribution in [0.2, 0.25) is 0 Å². The van der Waals surface area contributed by atoms with Gasteiger partial charge in [-0.2, -0.15) is 0 Å². The molecule has 1 fully saturated rings. The summed E-state index contributed by atoms with van der Waals surface area (Å²) in [7, 11) is 0. The van der Waals surface area contributed by atoms with Gasteiger partial charge in [0.2, 0.25) is 0 Å². The molecule has 1 aliphatic heterocycles. The number of urea groups is 1. The highest BCUT2D eigenvalue weighted by atomic mass is 16.2. The summed E-state index contributed by atoms with van der Waals surface area (Å²) in [5.74, 6) is 0.544. The van der Waals surface area contributed by atoms with Crippen LogP contribution in [-0.2, 0) is 0 Å². The van der Waals surface area contributed by atoms with Crippen molar-refractivity contribution >= 4 is 11.7 Å². The number of rotatable bonds is 3. The van der Waals surface area contributed by atoms with Gasteiger partial charge in [-0.3, -0.25) is 0 Å². The first-order valence-corrected chi connectivity index (χ1v) is 6.57. The highest BCUT2D eigenvalue weighted by Gasteiger charge is 2.17. The maximum Gasteiger partial charge on any atom is 0.319 e. The molecule has 0 spiro atoms. The Morgan fingerprint density at radius 3 is 2.78 bits per heavy atom. The lowest BCUT2D eigenvalue weighted by molar-refractivity contribution is 0.246. The molecule has 3 N–H and O–H groups in total. The molecule has 0 aliphatic carbocycles. The summed E-state index contributed by atoms with van der Waals surface area (Å²) in [5.41, 5.74) is 0.824. The minimum Gasteiger partial charge on any atom is -0.338 e. The second-order valence-corrected chi connectivity index (χ2v) is 4.95.